The Morgan fingerprint density at radius 3 is 2.15 bits per heavy atom. The second kappa shape index (κ2) is 5.31. The van der Waals surface area contributed by atoms with Crippen molar-refractivity contribution in [3.05, 3.63) is 30.3 Å². The molecule has 1 aromatic rings. The predicted molar refractivity (Wildman–Crippen MR) is 57.0 cm³/mol. The van der Waals surface area contributed by atoms with Crippen molar-refractivity contribution >= 4 is 13.7 Å². The fraction of sp³-hybridized carbons (Fsp3) is 0.400. The van der Waals surface area contributed by atoms with Gasteiger partial charge in [0.25, 0.3) is 0 Å². The first-order valence-corrected chi connectivity index (χ1v) is 5.74. The Morgan fingerprint density at radius 2 is 1.69 bits per heavy atom. The highest BCUT2D eigenvalue weighted by molar-refractivity contribution is 7.58. The molecule has 1 rings (SSSR count). The molecule has 0 aliphatic rings. The molecule has 1 aromatic carbocycles. The van der Waals surface area contributed by atoms with E-state index in [4.69, 9.17) is 0 Å². The van der Waals surface area contributed by atoms with E-state index in [1.165, 1.54) is 0 Å². The third-order valence-electron chi connectivity index (χ3n) is 1.95. The van der Waals surface area contributed by atoms with Gasteiger partial charge in [0.05, 0.1) is 0 Å². The van der Waals surface area contributed by atoms with Gasteiger partial charge in [-0.3, -0.25) is 4.67 Å². The van der Waals surface area contributed by atoms with Gasteiger partial charge in [-0.1, -0.05) is 44.2 Å². The largest absolute Gasteiger partial charge is 0.253 e. The van der Waals surface area contributed by atoms with Crippen molar-refractivity contribution < 1.29 is 4.20 Å². The maximum Gasteiger partial charge on any atom is 0.189 e. The highest BCUT2D eigenvalue weighted by Gasteiger charge is 2.16. The molecule has 0 heterocycles. The molecule has 0 N–H and O–H groups in total. The Morgan fingerprint density at radius 1 is 1.15 bits per heavy atom. The van der Waals surface area contributed by atoms with Gasteiger partial charge in [0.2, 0.25) is 0 Å². The van der Waals surface area contributed by atoms with Crippen molar-refractivity contribution in [3.8, 4) is 0 Å². The fourth-order valence-corrected chi connectivity index (χ4v) is 2.43. The van der Waals surface area contributed by atoms with E-state index in [9.17, 15) is 4.20 Å². The summed E-state index contributed by atoms with van der Waals surface area (Å²) in [6.45, 7) is 5.52. The zero-order valence-corrected chi connectivity index (χ0v) is 8.97. The number of halogens is 1. The molecule has 0 amide bonds. The Hall–Kier alpha value is -0.460. The van der Waals surface area contributed by atoms with Crippen LogP contribution in [0.25, 0.3) is 0 Å². The molecule has 1 unspecified atom stereocenters. The average molecular weight is 199 g/mol. The lowest BCUT2D eigenvalue weighted by molar-refractivity contribution is 0.488. The van der Waals surface area contributed by atoms with Crippen molar-refractivity contribution in [3.63, 3.8) is 0 Å². The lowest BCUT2D eigenvalue weighted by Gasteiger charge is -2.21. The Bertz CT molecular complexity index is 236. The lowest BCUT2D eigenvalue weighted by Crippen LogP contribution is -2.20. The van der Waals surface area contributed by atoms with Crippen molar-refractivity contribution in [1.82, 2.24) is 4.67 Å². The van der Waals surface area contributed by atoms with Gasteiger partial charge in [-0.2, -0.15) is 0 Å². The minimum Gasteiger partial charge on any atom is -0.253 e. The smallest absolute Gasteiger partial charge is 0.189 e. The van der Waals surface area contributed by atoms with Crippen LogP contribution in [-0.4, -0.2) is 17.8 Å². The van der Waals surface area contributed by atoms with E-state index < -0.39 is 8.38 Å². The quantitative estimate of drug-likeness (QED) is 0.674. The van der Waals surface area contributed by atoms with E-state index in [0.29, 0.717) is 0 Å². The summed E-state index contributed by atoms with van der Waals surface area (Å²) in [5.74, 6) is 0. The minimum atomic E-state index is -1.61. The summed E-state index contributed by atoms with van der Waals surface area (Å²) in [6, 6.07) is 9.38. The SMILES string of the molecule is CCN(CC)P(F)c1ccccc1. The zero-order chi connectivity index (χ0) is 9.68. The first kappa shape index (κ1) is 10.6. The Balaban J connectivity index is 2.72. The summed E-state index contributed by atoms with van der Waals surface area (Å²) in [5.41, 5.74) is 0. The van der Waals surface area contributed by atoms with E-state index in [2.05, 4.69) is 0 Å². The highest BCUT2D eigenvalue weighted by Crippen LogP contribution is 2.39. The van der Waals surface area contributed by atoms with Gasteiger partial charge < -0.3 is 0 Å². The van der Waals surface area contributed by atoms with Gasteiger partial charge in [-0.15, -0.1) is 0 Å². The van der Waals surface area contributed by atoms with E-state index in [0.717, 1.165) is 18.4 Å². The summed E-state index contributed by atoms with van der Waals surface area (Å²) >= 11 is 0. The second-order valence-corrected chi connectivity index (χ2v) is 4.34. The topological polar surface area (TPSA) is 3.24 Å². The van der Waals surface area contributed by atoms with E-state index in [1.54, 1.807) is 0 Å². The van der Waals surface area contributed by atoms with Gasteiger partial charge in [0.15, 0.2) is 8.38 Å². The van der Waals surface area contributed by atoms with Gasteiger partial charge in [0.1, 0.15) is 0 Å². The van der Waals surface area contributed by atoms with Crippen LogP contribution >= 0.6 is 8.38 Å². The Labute approximate surface area is 80.5 Å². The standard InChI is InChI=1S/C10H15FNP/c1-3-12(4-2)13(11)10-8-6-5-7-9-10/h5-9H,3-4H2,1-2H3. The molecule has 0 saturated carbocycles. The van der Waals surface area contributed by atoms with E-state index in [1.807, 2.05) is 48.8 Å². The molecule has 0 radical (unpaired) electrons. The summed E-state index contributed by atoms with van der Waals surface area (Å²) in [6.07, 6.45) is 0. The Kier molecular flexibility index (Phi) is 4.34. The summed E-state index contributed by atoms with van der Waals surface area (Å²) in [4.78, 5) is 0. The van der Waals surface area contributed by atoms with Crippen molar-refractivity contribution in [2.75, 3.05) is 13.1 Å². The van der Waals surface area contributed by atoms with Crippen molar-refractivity contribution in [1.29, 1.82) is 0 Å². The molecule has 0 fully saturated rings. The number of nitrogens with zero attached hydrogens (tertiary/aromatic N) is 1. The summed E-state index contributed by atoms with van der Waals surface area (Å²) in [7, 11) is -1.61. The van der Waals surface area contributed by atoms with Gasteiger partial charge >= 0.3 is 0 Å². The van der Waals surface area contributed by atoms with E-state index in [-0.39, 0.29) is 0 Å². The molecule has 0 aromatic heterocycles. The van der Waals surface area contributed by atoms with Gasteiger partial charge in [0, 0.05) is 18.4 Å². The summed E-state index contributed by atoms with van der Waals surface area (Å²) in [5, 5.41) is 0.807. The minimum absolute atomic E-state index is 0.771. The molecule has 0 spiro atoms. The zero-order valence-electron chi connectivity index (χ0n) is 8.07. The molecule has 0 aliphatic carbocycles. The molecular formula is C10H15FNP. The van der Waals surface area contributed by atoms with Gasteiger partial charge in [-0.05, 0) is 0 Å². The fourth-order valence-electron chi connectivity index (χ4n) is 1.19. The highest BCUT2D eigenvalue weighted by atomic mass is 31.2. The monoisotopic (exact) mass is 199 g/mol. The molecular weight excluding hydrogens is 184 g/mol. The second-order valence-electron chi connectivity index (χ2n) is 2.73. The lowest BCUT2D eigenvalue weighted by atomic mass is 10.4. The third kappa shape index (κ3) is 2.75. The third-order valence-corrected chi connectivity index (χ3v) is 3.73. The molecule has 0 aliphatic heterocycles. The summed E-state index contributed by atoms with van der Waals surface area (Å²) < 4.78 is 15.6. The number of hydrogen-bond donors (Lipinski definition) is 0. The van der Waals surface area contributed by atoms with Crippen LogP contribution in [0.4, 0.5) is 4.20 Å². The number of hydrogen-bond acceptors (Lipinski definition) is 1. The van der Waals surface area contributed by atoms with Crippen LogP contribution in [0.1, 0.15) is 13.8 Å². The van der Waals surface area contributed by atoms with Crippen molar-refractivity contribution in [2.24, 2.45) is 0 Å². The number of rotatable bonds is 4. The molecule has 13 heavy (non-hydrogen) atoms. The van der Waals surface area contributed by atoms with Crippen LogP contribution in [-0.2, 0) is 0 Å². The average Bonchev–Trinajstić information content (AvgIpc) is 2.21. The molecule has 1 nitrogen and oxygen atoms in total. The van der Waals surface area contributed by atoms with Crippen molar-refractivity contribution in [2.45, 2.75) is 13.8 Å². The first-order chi connectivity index (χ1) is 6.29. The first-order valence-electron chi connectivity index (χ1n) is 4.55. The molecule has 3 heteroatoms. The molecule has 72 valence electrons. The number of benzene rings is 1. The molecule has 0 saturated heterocycles. The van der Waals surface area contributed by atoms with Crippen LogP contribution in [0, 0.1) is 0 Å². The van der Waals surface area contributed by atoms with Crippen LogP contribution in [0.5, 0.6) is 0 Å². The molecule has 1 atom stereocenters. The van der Waals surface area contributed by atoms with Crippen LogP contribution in [0.3, 0.4) is 0 Å². The van der Waals surface area contributed by atoms with E-state index >= 15 is 0 Å². The van der Waals surface area contributed by atoms with Crippen LogP contribution < -0.4 is 5.30 Å². The maximum absolute atomic E-state index is 13.8. The predicted octanol–water partition coefficient (Wildman–Crippen LogP) is 2.94. The van der Waals surface area contributed by atoms with Crippen LogP contribution in [0.2, 0.25) is 0 Å². The van der Waals surface area contributed by atoms with Crippen LogP contribution in [0.15, 0.2) is 30.3 Å². The normalized spacial score (nSPS) is 13.2. The molecule has 0 bridgehead atoms. The maximum atomic E-state index is 13.8. The van der Waals surface area contributed by atoms with Gasteiger partial charge in [-0.25, -0.2) is 4.20 Å².